The summed E-state index contributed by atoms with van der Waals surface area (Å²) in [6.45, 7) is 1.73. The molecule has 2 aromatic carbocycles. The lowest BCUT2D eigenvalue weighted by molar-refractivity contribution is -0.119. The van der Waals surface area contributed by atoms with Crippen LogP contribution in [0.2, 0.25) is 5.02 Å². The Hall–Kier alpha value is -2.84. The molecule has 0 saturated heterocycles. The smallest absolute Gasteiger partial charge is 0.241 e. The molecule has 152 valence electrons. The lowest BCUT2D eigenvalue weighted by atomic mass is 10.2. The highest BCUT2D eigenvalue weighted by Crippen LogP contribution is 2.25. The molecule has 9 heteroatoms. The van der Waals surface area contributed by atoms with Crippen molar-refractivity contribution in [2.75, 3.05) is 17.1 Å². The van der Waals surface area contributed by atoms with Crippen LogP contribution >= 0.6 is 11.6 Å². The van der Waals surface area contributed by atoms with E-state index < -0.39 is 15.9 Å². The summed E-state index contributed by atoms with van der Waals surface area (Å²) in [6, 6.07) is 12.5. The average Bonchev–Trinajstić information content (AvgIpc) is 3.19. The van der Waals surface area contributed by atoms with E-state index >= 15 is 0 Å². The molecule has 0 atom stereocenters. The second-order valence-corrected chi connectivity index (χ2v) is 8.96. The first-order valence-corrected chi connectivity index (χ1v) is 11.0. The summed E-state index contributed by atoms with van der Waals surface area (Å²) in [5, 5.41) is 3.27. The SMILES string of the molecule is Cc1cc(Cl)ccc1N(CC(=O)NCc1ccc(-n2ccnc2)cc1)S(C)(=O)=O. The Morgan fingerprint density at radius 1 is 1.21 bits per heavy atom. The van der Waals surface area contributed by atoms with Crippen molar-refractivity contribution < 1.29 is 13.2 Å². The molecule has 7 nitrogen and oxygen atoms in total. The Labute approximate surface area is 175 Å². The summed E-state index contributed by atoms with van der Waals surface area (Å²) < 4.78 is 27.4. The van der Waals surface area contributed by atoms with Gasteiger partial charge in [-0.05, 0) is 48.4 Å². The highest BCUT2D eigenvalue weighted by atomic mass is 35.5. The Morgan fingerprint density at radius 3 is 2.52 bits per heavy atom. The minimum Gasteiger partial charge on any atom is -0.350 e. The van der Waals surface area contributed by atoms with E-state index in [1.807, 2.05) is 35.0 Å². The molecule has 0 aliphatic carbocycles. The van der Waals surface area contributed by atoms with Crippen molar-refractivity contribution in [2.24, 2.45) is 0 Å². The monoisotopic (exact) mass is 432 g/mol. The number of sulfonamides is 1. The number of imidazole rings is 1. The average molecular weight is 433 g/mol. The van der Waals surface area contributed by atoms with E-state index in [2.05, 4.69) is 10.3 Å². The number of aryl methyl sites for hydroxylation is 1. The van der Waals surface area contributed by atoms with Gasteiger partial charge in [-0.15, -0.1) is 0 Å². The fourth-order valence-corrected chi connectivity index (χ4v) is 4.01. The Morgan fingerprint density at radius 2 is 1.93 bits per heavy atom. The van der Waals surface area contributed by atoms with E-state index in [9.17, 15) is 13.2 Å². The fraction of sp³-hybridized carbons (Fsp3) is 0.200. The zero-order valence-corrected chi connectivity index (χ0v) is 17.6. The highest BCUT2D eigenvalue weighted by Gasteiger charge is 2.22. The number of rotatable bonds is 7. The van der Waals surface area contributed by atoms with Crippen LogP contribution in [0.3, 0.4) is 0 Å². The number of anilines is 1. The van der Waals surface area contributed by atoms with Gasteiger partial charge in [0.1, 0.15) is 6.54 Å². The Kier molecular flexibility index (Phi) is 6.24. The number of aromatic nitrogens is 2. The van der Waals surface area contributed by atoms with E-state index in [1.165, 1.54) is 0 Å². The standard InChI is InChI=1S/C20H21ClN4O3S/c1-15-11-17(21)5-8-19(15)25(29(2,27)28)13-20(26)23-12-16-3-6-18(7-4-16)24-10-9-22-14-24/h3-11,14H,12-13H2,1-2H3,(H,23,26). The molecule has 0 saturated carbocycles. The largest absolute Gasteiger partial charge is 0.350 e. The van der Waals surface area contributed by atoms with Gasteiger partial charge in [0.25, 0.3) is 0 Å². The number of hydrogen-bond donors (Lipinski definition) is 1. The molecule has 1 aromatic heterocycles. The maximum atomic E-state index is 12.4. The second kappa shape index (κ2) is 8.67. The molecule has 3 aromatic rings. The van der Waals surface area contributed by atoms with Gasteiger partial charge in [0, 0.05) is 29.6 Å². The number of halogens is 1. The summed E-state index contributed by atoms with van der Waals surface area (Å²) in [5.41, 5.74) is 2.96. The fourth-order valence-electron chi connectivity index (χ4n) is 2.86. The van der Waals surface area contributed by atoms with Gasteiger partial charge in [0.05, 0.1) is 18.3 Å². The zero-order chi connectivity index (χ0) is 21.0. The van der Waals surface area contributed by atoms with Crippen molar-refractivity contribution in [3.8, 4) is 5.69 Å². The maximum Gasteiger partial charge on any atom is 0.241 e. The Bertz CT molecular complexity index is 1100. The van der Waals surface area contributed by atoms with Gasteiger partial charge in [-0.25, -0.2) is 13.4 Å². The van der Waals surface area contributed by atoms with Crippen LogP contribution in [0.15, 0.2) is 61.2 Å². The van der Waals surface area contributed by atoms with Crippen molar-refractivity contribution in [3.05, 3.63) is 77.3 Å². The summed E-state index contributed by atoms with van der Waals surface area (Å²) in [6.07, 6.45) is 6.32. The van der Waals surface area contributed by atoms with Gasteiger partial charge in [0.15, 0.2) is 0 Å². The molecule has 0 aliphatic heterocycles. The third-order valence-corrected chi connectivity index (χ3v) is 5.71. The number of nitrogens with one attached hydrogen (secondary N) is 1. The van der Waals surface area contributed by atoms with Crippen LogP contribution in [-0.4, -0.2) is 36.7 Å². The summed E-state index contributed by atoms with van der Waals surface area (Å²) in [4.78, 5) is 16.4. The van der Waals surface area contributed by atoms with E-state index in [0.29, 0.717) is 22.8 Å². The molecule has 29 heavy (non-hydrogen) atoms. The van der Waals surface area contributed by atoms with E-state index in [4.69, 9.17) is 11.6 Å². The summed E-state index contributed by atoms with van der Waals surface area (Å²) >= 11 is 5.95. The van der Waals surface area contributed by atoms with Crippen molar-refractivity contribution in [2.45, 2.75) is 13.5 Å². The van der Waals surface area contributed by atoms with Gasteiger partial charge in [-0.2, -0.15) is 0 Å². The van der Waals surface area contributed by atoms with Crippen LogP contribution < -0.4 is 9.62 Å². The number of nitrogens with zero attached hydrogens (tertiary/aromatic N) is 3. The molecule has 0 aliphatic rings. The predicted molar refractivity (Wildman–Crippen MR) is 114 cm³/mol. The van der Waals surface area contributed by atoms with Gasteiger partial charge in [0.2, 0.25) is 15.9 Å². The third-order valence-electron chi connectivity index (χ3n) is 4.34. The normalized spacial score (nSPS) is 11.3. The van der Waals surface area contributed by atoms with Crippen LogP contribution in [-0.2, 0) is 21.4 Å². The van der Waals surface area contributed by atoms with E-state index in [1.54, 1.807) is 37.6 Å². The maximum absolute atomic E-state index is 12.4. The molecule has 0 unspecified atom stereocenters. The van der Waals surface area contributed by atoms with Crippen molar-refractivity contribution >= 4 is 33.2 Å². The number of hydrogen-bond acceptors (Lipinski definition) is 4. The first kappa shape index (κ1) is 20.9. The van der Waals surface area contributed by atoms with Crippen LogP contribution in [0, 0.1) is 6.92 Å². The van der Waals surface area contributed by atoms with Gasteiger partial charge >= 0.3 is 0 Å². The second-order valence-electron chi connectivity index (χ2n) is 6.61. The van der Waals surface area contributed by atoms with E-state index in [-0.39, 0.29) is 6.54 Å². The predicted octanol–water partition coefficient (Wildman–Crippen LogP) is 2.92. The minimum atomic E-state index is -3.64. The van der Waals surface area contributed by atoms with Crippen LogP contribution in [0.5, 0.6) is 0 Å². The number of carbonyl (C=O) groups excluding carboxylic acids is 1. The molecule has 0 bridgehead atoms. The highest BCUT2D eigenvalue weighted by molar-refractivity contribution is 7.92. The third kappa shape index (κ3) is 5.36. The van der Waals surface area contributed by atoms with Crippen LogP contribution in [0.25, 0.3) is 5.69 Å². The van der Waals surface area contributed by atoms with Crippen molar-refractivity contribution in [1.29, 1.82) is 0 Å². The number of amides is 1. The van der Waals surface area contributed by atoms with Crippen molar-refractivity contribution in [1.82, 2.24) is 14.9 Å². The molecule has 1 amide bonds. The first-order valence-electron chi connectivity index (χ1n) is 8.82. The van der Waals surface area contributed by atoms with Gasteiger partial charge in [-0.1, -0.05) is 23.7 Å². The molecule has 0 fully saturated rings. The lowest BCUT2D eigenvalue weighted by Gasteiger charge is -2.23. The number of carbonyl (C=O) groups is 1. The molecular formula is C20H21ClN4O3S. The summed E-state index contributed by atoms with van der Waals surface area (Å²) in [7, 11) is -3.64. The van der Waals surface area contributed by atoms with Crippen LogP contribution in [0.4, 0.5) is 5.69 Å². The minimum absolute atomic E-state index is 0.292. The molecule has 1 heterocycles. The van der Waals surface area contributed by atoms with Gasteiger partial charge < -0.3 is 9.88 Å². The molecule has 3 rings (SSSR count). The first-order chi connectivity index (χ1) is 13.7. The molecular weight excluding hydrogens is 412 g/mol. The molecule has 0 spiro atoms. The summed E-state index contributed by atoms with van der Waals surface area (Å²) in [5.74, 6) is -0.400. The topological polar surface area (TPSA) is 84.3 Å². The zero-order valence-electron chi connectivity index (χ0n) is 16.0. The van der Waals surface area contributed by atoms with Gasteiger partial charge in [-0.3, -0.25) is 9.10 Å². The Balaban J connectivity index is 1.66. The quantitative estimate of drug-likeness (QED) is 0.622. The molecule has 0 radical (unpaired) electrons. The van der Waals surface area contributed by atoms with Crippen LogP contribution in [0.1, 0.15) is 11.1 Å². The molecule has 1 N–H and O–H groups in total. The van der Waals surface area contributed by atoms with Crippen molar-refractivity contribution in [3.63, 3.8) is 0 Å². The lowest BCUT2D eigenvalue weighted by Crippen LogP contribution is -2.40. The van der Waals surface area contributed by atoms with E-state index in [0.717, 1.165) is 21.8 Å². The number of benzene rings is 2.